The summed E-state index contributed by atoms with van der Waals surface area (Å²) in [7, 11) is 0. The molecule has 0 N–H and O–H groups in total. The highest BCUT2D eigenvalue weighted by Crippen LogP contribution is 2.45. The second kappa shape index (κ2) is 10.7. The van der Waals surface area contributed by atoms with E-state index in [1.165, 1.54) is 30.9 Å². The Hall–Kier alpha value is -6.24. The van der Waals surface area contributed by atoms with Gasteiger partial charge in [0.05, 0.1) is 15.7 Å². The first-order valence-corrected chi connectivity index (χ1v) is 16.7. The van der Waals surface area contributed by atoms with E-state index in [-0.39, 0.29) is 0 Å². The zero-order valence-corrected chi connectivity index (χ0v) is 26.4. The number of nitrogens with zero attached hydrogens (tertiary/aromatic N) is 5. The summed E-state index contributed by atoms with van der Waals surface area (Å²) in [5, 5.41) is 7.11. The van der Waals surface area contributed by atoms with Gasteiger partial charge in [0.1, 0.15) is 0 Å². The maximum Gasteiger partial charge on any atom is 0.238 e. The Morgan fingerprint density at radius 2 is 0.979 bits per heavy atom. The summed E-state index contributed by atoms with van der Waals surface area (Å²) in [6.45, 7) is 0. The Morgan fingerprint density at radius 1 is 0.417 bits per heavy atom. The zero-order chi connectivity index (χ0) is 31.6. The minimum atomic E-state index is 0.594. The van der Waals surface area contributed by atoms with Crippen LogP contribution in [0.25, 0.3) is 92.6 Å². The van der Waals surface area contributed by atoms with Crippen LogP contribution in [0.15, 0.2) is 152 Å². The van der Waals surface area contributed by atoms with E-state index < -0.39 is 0 Å². The first-order valence-electron chi connectivity index (χ1n) is 15.9. The molecule has 0 aliphatic carbocycles. The second-order valence-electron chi connectivity index (χ2n) is 11.9. The van der Waals surface area contributed by atoms with Gasteiger partial charge in [-0.3, -0.25) is 9.55 Å². The highest BCUT2D eigenvalue weighted by atomic mass is 32.1. The summed E-state index contributed by atoms with van der Waals surface area (Å²) in [6.07, 6.45) is 3.98. The number of para-hydroxylation sites is 1. The normalized spacial score (nSPS) is 11.8. The lowest BCUT2D eigenvalue weighted by Crippen LogP contribution is -2.06. The number of benzene rings is 6. The number of pyridine rings is 1. The summed E-state index contributed by atoms with van der Waals surface area (Å²) >= 11 is 1.82. The van der Waals surface area contributed by atoms with E-state index in [2.05, 4.69) is 83.4 Å². The van der Waals surface area contributed by atoms with Crippen LogP contribution in [-0.2, 0) is 0 Å². The topological polar surface area (TPSA) is 56.5 Å². The lowest BCUT2D eigenvalue weighted by atomic mass is 9.99. The van der Waals surface area contributed by atoms with E-state index in [0.717, 1.165) is 44.1 Å². The van der Waals surface area contributed by atoms with Crippen LogP contribution in [0.4, 0.5) is 0 Å². The third-order valence-electron chi connectivity index (χ3n) is 9.15. The van der Waals surface area contributed by atoms with Gasteiger partial charge in [-0.2, -0.15) is 9.97 Å². The minimum Gasteiger partial charge on any atom is -0.276 e. The molecule has 224 valence electrons. The Morgan fingerprint density at radius 3 is 1.67 bits per heavy atom. The number of hydrogen-bond acceptors (Lipinski definition) is 5. The molecule has 0 radical (unpaired) electrons. The monoisotopic (exact) mass is 631 g/mol. The minimum absolute atomic E-state index is 0.594. The van der Waals surface area contributed by atoms with Crippen LogP contribution in [0.1, 0.15) is 0 Å². The van der Waals surface area contributed by atoms with Crippen molar-refractivity contribution in [2.75, 3.05) is 0 Å². The Bertz CT molecular complexity index is 2770. The molecule has 0 spiro atoms. The molecule has 10 aromatic rings. The van der Waals surface area contributed by atoms with Crippen LogP contribution in [0.5, 0.6) is 0 Å². The van der Waals surface area contributed by atoms with Gasteiger partial charge in [-0.25, -0.2) is 4.98 Å². The average molecular weight is 632 g/mol. The van der Waals surface area contributed by atoms with Crippen molar-refractivity contribution in [2.24, 2.45) is 0 Å². The van der Waals surface area contributed by atoms with E-state index in [9.17, 15) is 0 Å². The zero-order valence-electron chi connectivity index (χ0n) is 25.6. The first-order chi connectivity index (χ1) is 23.8. The average Bonchev–Trinajstić information content (AvgIpc) is 3.72. The predicted octanol–water partition coefficient (Wildman–Crippen LogP) is 10.9. The molecule has 0 atom stereocenters. The molecule has 0 amide bonds. The third-order valence-corrected chi connectivity index (χ3v) is 10.4. The molecule has 6 heteroatoms. The standard InChI is InChI=1S/C42H25N5S/c1-4-12-26(13-5-1)34-24-43-25-35-29(34)20-22-32-33-23-21-31-30-18-10-11-19-36(30)47(37(31)39(33)48-38(32)35)42-45-40(27-14-6-2-7-15-27)44-41(46-42)28-16-8-3-9-17-28/h1-25H. The van der Waals surface area contributed by atoms with E-state index in [0.29, 0.717) is 17.6 Å². The Balaban J connectivity index is 1.31. The molecular weight excluding hydrogens is 607 g/mol. The van der Waals surface area contributed by atoms with Crippen LogP contribution in [0, 0.1) is 0 Å². The summed E-state index contributed by atoms with van der Waals surface area (Å²) in [5.74, 6) is 1.87. The summed E-state index contributed by atoms with van der Waals surface area (Å²) in [6, 6.07) is 48.4. The number of hydrogen-bond donors (Lipinski definition) is 0. The van der Waals surface area contributed by atoms with E-state index in [1.807, 2.05) is 84.4 Å². The van der Waals surface area contributed by atoms with Crippen molar-refractivity contribution >= 4 is 64.1 Å². The molecule has 0 saturated carbocycles. The van der Waals surface area contributed by atoms with Gasteiger partial charge in [0.25, 0.3) is 0 Å². The van der Waals surface area contributed by atoms with Gasteiger partial charge in [0.15, 0.2) is 11.6 Å². The van der Waals surface area contributed by atoms with E-state index in [4.69, 9.17) is 19.9 Å². The van der Waals surface area contributed by atoms with Gasteiger partial charge < -0.3 is 0 Å². The highest BCUT2D eigenvalue weighted by Gasteiger charge is 2.22. The molecule has 0 aliphatic heterocycles. The fraction of sp³-hybridized carbons (Fsp3) is 0. The van der Waals surface area contributed by atoms with Gasteiger partial charge in [0, 0.05) is 60.7 Å². The van der Waals surface area contributed by atoms with Crippen molar-refractivity contribution < 1.29 is 0 Å². The van der Waals surface area contributed by atoms with Crippen LogP contribution in [0.2, 0.25) is 0 Å². The van der Waals surface area contributed by atoms with Crippen LogP contribution in [0.3, 0.4) is 0 Å². The molecule has 0 fully saturated rings. The van der Waals surface area contributed by atoms with Crippen molar-refractivity contribution in [3.05, 3.63) is 152 Å². The summed E-state index contributed by atoms with van der Waals surface area (Å²) in [4.78, 5) is 20.0. The van der Waals surface area contributed by atoms with Crippen molar-refractivity contribution in [2.45, 2.75) is 0 Å². The van der Waals surface area contributed by atoms with Crippen LogP contribution >= 0.6 is 11.3 Å². The van der Waals surface area contributed by atoms with Gasteiger partial charge in [0.2, 0.25) is 5.95 Å². The van der Waals surface area contributed by atoms with Crippen molar-refractivity contribution in [3.63, 3.8) is 0 Å². The fourth-order valence-electron chi connectivity index (χ4n) is 6.94. The molecule has 0 saturated heterocycles. The smallest absolute Gasteiger partial charge is 0.238 e. The molecule has 5 nitrogen and oxygen atoms in total. The van der Waals surface area contributed by atoms with Gasteiger partial charge in [-0.1, -0.05) is 133 Å². The molecular formula is C42H25N5S. The molecule has 10 rings (SSSR count). The SMILES string of the molecule is c1ccc(-c2nc(-c3ccccc3)nc(-n3c4ccccc4c4ccc5c6ccc7c(-c8ccccc8)cncc7c6sc5c43)n2)cc1. The molecule has 0 unspecified atom stereocenters. The van der Waals surface area contributed by atoms with Crippen molar-refractivity contribution in [1.82, 2.24) is 24.5 Å². The predicted molar refractivity (Wildman–Crippen MR) is 199 cm³/mol. The Kier molecular flexibility index (Phi) is 5.98. The number of thiophene rings is 1. The molecule has 0 aliphatic rings. The maximum atomic E-state index is 5.16. The second-order valence-corrected chi connectivity index (χ2v) is 12.9. The molecule has 48 heavy (non-hydrogen) atoms. The first kappa shape index (κ1) is 26.9. The third kappa shape index (κ3) is 4.10. The van der Waals surface area contributed by atoms with E-state index in [1.54, 1.807) is 0 Å². The van der Waals surface area contributed by atoms with Crippen molar-refractivity contribution in [1.29, 1.82) is 0 Å². The summed E-state index contributed by atoms with van der Waals surface area (Å²) in [5.41, 5.74) is 6.34. The molecule has 4 heterocycles. The molecule has 6 aromatic carbocycles. The quantitative estimate of drug-likeness (QED) is 0.194. The van der Waals surface area contributed by atoms with Gasteiger partial charge in [-0.15, -0.1) is 11.3 Å². The molecule has 0 bridgehead atoms. The number of rotatable bonds is 4. The maximum absolute atomic E-state index is 5.16. The number of aromatic nitrogens is 5. The lowest BCUT2D eigenvalue weighted by Gasteiger charge is -2.11. The molecule has 4 aromatic heterocycles. The highest BCUT2D eigenvalue weighted by molar-refractivity contribution is 7.27. The fourth-order valence-corrected chi connectivity index (χ4v) is 8.29. The van der Waals surface area contributed by atoms with Crippen LogP contribution in [-0.4, -0.2) is 24.5 Å². The van der Waals surface area contributed by atoms with Gasteiger partial charge in [-0.05, 0) is 17.0 Å². The largest absolute Gasteiger partial charge is 0.276 e. The summed E-state index contributed by atoms with van der Waals surface area (Å²) < 4.78 is 4.65. The van der Waals surface area contributed by atoms with Crippen LogP contribution < -0.4 is 0 Å². The van der Waals surface area contributed by atoms with Gasteiger partial charge >= 0.3 is 0 Å². The lowest BCUT2D eigenvalue weighted by molar-refractivity contribution is 0.955. The Labute approximate surface area is 279 Å². The van der Waals surface area contributed by atoms with E-state index >= 15 is 0 Å². The number of fused-ring (bicyclic) bond motifs is 9. The van der Waals surface area contributed by atoms with Crippen molar-refractivity contribution in [3.8, 4) is 39.9 Å².